The quantitative estimate of drug-likeness (QED) is 0.725. The molecule has 0 amide bonds. The lowest BCUT2D eigenvalue weighted by molar-refractivity contribution is 0.1000. The zero-order valence-corrected chi connectivity index (χ0v) is 13.8. The van der Waals surface area contributed by atoms with Crippen molar-refractivity contribution >= 4 is 0 Å². The predicted octanol–water partition coefficient (Wildman–Crippen LogP) is 4.74. The Morgan fingerprint density at radius 3 is 2.60 bits per heavy atom. The Labute approximate surface area is 125 Å². The molecule has 0 saturated heterocycles. The molecule has 1 unspecified atom stereocenters. The topological polar surface area (TPSA) is 21.3 Å². The highest BCUT2D eigenvalue weighted by Gasteiger charge is 2.13. The van der Waals surface area contributed by atoms with Crippen molar-refractivity contribution in [3.63, 3.8) is 0 Å². The summed E-state index contributed by atoms with van der Waals surface area (Å²) in [5.74, 6) is 1.09. The first-order valence-electron chi connectivity index (χ1n) is 7.92. The number of rotatable bonds is 7. The molecule has 1 N–H and O–H groups in total. The molecule has 1 aliphatic carbocycles. The van der Waals surface area contributed by atoms with Crippen LogP contribution in [0.4, 0.5) is 0 Å². The normalized spacial score (nSPS) is 17.2. The fraction of sp³-hybridized carbons (Fsp3) is 0.667. The second kappa shape index (κ2) is 8.31. The molecule has 20 heavy (non-hydrogen) atoms. The summed E-state index contributed by atoms with van der Waals surface area (Å²) in [5, 5.41) is 3.53. The van der Waals surface area contributed by atoms with Crippen LogP contribution in [0.1, 0.15) is 60.3 Å². The second-order valence-corrected chi connectivity index (χ2v) is 6.45. The molecule has 0 aromatic heterocycles. The van der Waals surface area contributed by atoms with Gasteiger partial charge < -0.3 is 10.1 Å². The molecule has 0 spiro atoms. The molecule has 1 atom stereocenters. The van der Waals surface area contributed by atoms with Crippen molar-refractivity contribution in [3.8, 4) is 0 Å². The molecule has 0 aromatic carbocycles. The van der Waals surface area contributed by atoms with Crippen LogP contribution in [-0.2, 0) is 4.74 Å². The molecular weight excluding hydrogens is 246 g/mol. The van der Waals surface area contributed by atoms with E-state index in [1.165, 1.54) is 5.57 Å². The third-order valence-electron chi connectivity index (χ3n) is 3.44. The van der Waals surface area contributed by atoms with Gasteiger partial charge >= 0.3 is 0 Å². The Balaban J connectivity index is 2.46. The van der Waals surface area contributed by atoms with Crippen molar-refractivity contribution in [3.05, 3.63) is 35.6 Å². The molecule has 0 heterocycles. The van der Waals surface area contributed by atoms with E-state index in [0.29, 0.717) is 6.10 Å². The zero-order valence-electron chi connectivity index (χ0n) is 13.8. The molecule has 0 aromatic rings. The van der Waals surface area contributed by atoms with Gasteiger partial charge in [-0.15, -0.1) is 0 Å². The second-order valence-electron chi connectivity index (χ2n) is 6.45. The van der Waals surface area contributed by atoms with Crippen molar-refractivity contribution in [2.45, 2.75) is 71.9 Å². The lowest BCUT2D eigenvalue weighted by Crippen LogP contribution is -2.37. The maximum Gasteiger partial charge on any atom is 0.100 e. The van der Waals surface area contributed by atoms with Gasteiger partial charge in [0.05, 0.1) is 6.10 Å². The van der Waals surface area contributed by atoms with Crippen molar-refractivity contribution in [2.24, 2.45) is 0 Å². The van der Waals surface area contributed by atoms with Gasteiger partial charge in [0.15, 0.2) is 0 Å². The Bertz CT molecular complexity index is 371. The lowest BCUT2D eigenvalue weighted by atomic mass is 10.1. The molecule has 0 bridgehead atoms. The average molecular weight is 277 g/mol. The molecule has 1 aliphatic rings. The third kappa shape index (κ3) is 6.95. The number of hydrogen-bond acceptors (Lipinski definition) is 2. The van der Waals surface area contributed by atoms with Gasteiger partial charge in [-0.05, 0) is 58.2 Å². The minimum absolute atomic E-state index is 0.182. The number of allylic oxidation sites excluding steroid dienone is 5. The van der Waals surface area contributed by atoms with Gasteiger partial charge in [0, 0.05) is 12.0 Å². The molecule has 0 radical (unpaired) electrons. The van der Waals surface area contributed by atoms with Crippen molar-refractivity contribution in [1.29, 1.82) is 0 Å². The largest absolute Gasteiger partial charge is 0.494 e. The Morgan fingerprint density at radius 1 is 1.25 bits per heavy atom. The first-order valence-corrected chi connectivity index (χ1v) is 7.92. The fourth-order valence-electron chi connectivity index (χ4n) is 2.14. The molecule has 1 rings (SSSR count). The van der Waals surface area contributed by atoms with Crippen LogP contribution in [0.2, 0.25) is 0 Å². The monoisotopic (exact) mass is 277 g/mol. The summed E-state index contributed by atoms with van der Waals surface area (Å²) in [5.41, 5.74) is 1.55. The van der Waals surface area contributed by atoms with E-state index < -0.39 is 0 Å². The summed E-state index contributed by atoms with van der Waals surface area (Å²) in [7, 11) is 0. The summed E-state index contributed by atoms with van der Waals surface area (Å²) in [6.07, 6.45) is 13.1. The van der Waals surface area contributed by atoms with Gasteiger partial charge in [-0.1, -0.05) is 32.1 Å². The van der Waals surface area contributed by atoms with E-state index >= 15 is 0 Å². The third-order valence-corrected chi connectivity index (χ3v) is 3.44. The summed E-state index contributed by atoms with van der Waals surface area (Å²) >= 11 is 0. The zero-order chi connectivity index (χ0) is 15.0. The van der Waals surface area contributed by atoms with Crippen molar-refractivity contribution in [2.75, 3.05) is 6.54 Å². The summed E-state index contributed by atoms with van der Waals surface area (Å²) in [6, 6.07) is 0. The van der Waals surface area contributed by atoms with Crippen molar-refractivity contribution in [1.82, 2.24) is 5.32 Å². The van der Waals surface area contributed by atoms with E-state index in [1.807, 2.05) is 0 Å². The lowest BCUT2D eigenvalue weighted by Gasteiger charge is -2.24. The van der Waals surface area contributed by atoms with Gasteiger partial charge in [0.25, 0.3) is 0 Å². The SMILES string of the molecule is CCC1=CC=C(OC(CC)CCNC(C)(C)C)CC=C1. The smallest absolute Gasteiger partial charge is 0.100 e. The minimum Gasteiger partial charge on any atom is -0.494 e. The van der Waals surface area contributed by atoms with E-state index in [2.05, 4.69) is 64.2 Å². The Hall–Kier alpha value is -1.02. The first kappa shape index (κ1) is 17.0. The molecule has 0 fully saturated rings. The van der Waals surface area contributed by atoms with Crippen LogP contribution in [-0.4, -0.2) is 18.2 Å². The fourth-order valence-corrected chi connectivity index (χ4v) is 2.14. The maximum atomic E-state index is 6.15. The minimum atomic E-state index is 0.182. The highest BCUT2D eigenvalue weighted by atomic mass is 16.5. The van der Waals surface area contributed by atoms with Crippen LogP contribution in [0.3, 0.4) is 0 Å². The molecule has 2 nitrogen and oxygen atoms in total. The summed E-state index contributed by atoms with van der Waals surface area (Å²) in [6.45, 7) is 12.0. The van der Waals surface area contributed by atoms with Crippen LogP contribution in [0.25, 0.3) is 0 Å². The molecule has 0 saturated carbocycles. The summed E-state index contributed by atoms with van der Waals surface area (Å²) < 4.78 is 6.15. The highest BCUT2D eigenvalue weighted by Crippen LogP contribution is 2.18. The molecule has 2 heteroatoms. The molecular formula is C18H31NO. The van der Waals surface area contributed by atoms with Gasteiger partial charge in [-0.3, -0.25) is 0 Å². The number of nitrogens with one attached hydrogen (secondary N) is 1. The van der Waals surface area contributed by atoms with Crippen LogP contribution in [0.5, 0.6) is 0 Å². The van der Waals surface area contributed by atoms with E-state index in [-0.39, 0.29) is 5.54 Å². The maximum absolute atomic E-state index is 6.15. The molecule has 114 valence electrons. The van der Waals surface area contributed by atoms with E-state index in [0.717, 1.165) is 38.0 Å². The van der Waals surface area contributed by atoms with Crippen LogP contribution in [0, 0.1) is 0 Å². The average Bonchev–Trinajstić information content (AvgIpc) is 2.61. The van der Waals surface area contributed by atoms with Gasteiger partial charge in [-0.25, -0.2) is 0 Å². The highest BCUT2D eigenvalue weighted by molar-refractivity contribution is 5.28. The standard InChI is InChI=1S/C18H31NO/c1-6-15-9-8-10-17(12-11-15)20-16(7-2)13-14-19-18(3,4)5/h8-9,11-12,16,19H,6-7,10,13-14H2,1-5H3. The summed E-state index contributed by atoms with van der Waals surface area (Å²) in [4.78, 5) is 0. The van der Waals surface area contributed by atoms with Crippen LogP contribution in [0.15, 0.2) is 35.6 Å². The van der Waals surface area contributed by atoms with Crippen LogP contribution >= 0.6 is 0 Å². The molecule has 0 aliphatic heterocycles. The van der Waals surface area contributed by atoms with Gasteiger partial charge in [-0.2, -0.15) is 0 Å². The number of ether oxygens (including phenoxy) is 1. The van der Waals surface area contributed by atoms with Crippen LogP contribution < -0.4 is 5.32 Å². The van der Waals surface area contributed by atoms with Gasteiger partial charge in [0.1, 0.15) is 5.76 Å². The number of hydrogen-bond donors (Lipinski definition) is 1. The van der Waals surface area contributed by atoms with E-state index in [4.69, 9.17) is 4.74 Å². The van der Waals surface area contributed by atoms with Crippen molar-refractivity contribution < 1.29 is 4.74 Å². The van der Waals surface area contributed by atoms with E-state index in [1.54, 1.807) is 0 Å². The predicted molar refractivity (Wildman–Crippen MR) is 87.8 cm³/mol. The van der Waals surface area contributed by atoms with Gasteiger partial charge in [0.2, 0.25) is 0 Å². The van der Waals surface area contributed by atoms with E-state index in [9.17, 15) is 0 Å². The first-order chi connectivity index (χ1) is 9.44. The Kier molecular flexibility index (Phi) is 7.08. The Morgan fingerprint density at radius 2 is 2.00 bits per heavy atom.